The number of methoxy groups -OCH3 is 1. The summed E-state index contributed by atoms with van der Waals surface area (Å²) in [5, 5.41) is 2.88. The van der Waals surface area contributed by atoms with Gasteiger partial charge in [0.25, 0.3) is 5.91 Å². The summed E-state index contributed by atoms with van der Waals surface area (Å²) in [5.74, 6) is -1.84. The lowest BCUT2D eigenvalue weighted by Gasteiger charge is -2.13. The molecule has 1 atom stereocenters. The van der Waals surface area contributed by atoms with E-state index in [1.807, 2.05) is 0 Å². The topological polar surface area (TPSA) is 77.5 Å². The SMILES string of the molecule is COc1ccc(C(=O)O[C@@H](C)C(=O)Nc2ccc(Cl)cn2)c(F)c1. The molecule has 0 saturated heterocycles. The first-order chi connectivity index (χ1) is 11.4. The number of hydrogen-bond donors (Lipinski definition) is 1. The molecule has 8 heteroatoms. The summed E-state index contributed by atoms with van der Waals surface area (Å²) in [6.45, 7) is 1.37. The van der Waals surface area contributed by atoms with Gasteiger partial charge >= 0.3 is 5.97 Å². The molecule has 0 unspecified atom stereocenters. The molecule has 2 rings (SSSR count). The van der Waals surface area contributed by atoms with Crippen LogP contribution in [0.2, 0.25) is 5.02 Å². The highest BCUT2D eigenvalue weighted by Gasteiger charge is 2.21. The predicted molar refractivity (Wildman–Crippen MR) is 85.7 cm³/mol. The van der Waals surface area contributed by atoms with Crippen molar-refractivity contribution in [3.63, 3.8) is 0 Å². The van der Waals surface area contributed by atoms with Gasteiger partial charge in [0.15, 0.2) is 6.10 Å². The molecule has 1 heterocycles. The fourth-order valence-corrected chi connectivity index (χ4v) is 1.86. The zero-order valence-corrected chi connectivity index (χ0v) is 13.6. The Labute approximate surface area is 142 Å². The number of nitrogens with zero attached hydrogens (tertiary/aromatic N) is 1. The van der Waals surface area contributed by atoms with Crippen molar-refractivity contribution in [2.75, 3.05) is 12.4 Å². The minimum atomic E-state index is -1.14. The van der Waals surface area contributed by atoms with Gasteiger partial charge in [-0.15, -0.1) is 0 Å². The van der Waals surface area contributed by atoms with E-state index in [9.17, 15) is 14.0 Å². The van der Waals surface area contributed by atoms with Crippen molar-refractivity contribution >= 4 is 29.3 Å². The van der Waals surface area contributed by atoms with E-state index in [0.29, 0.717) is 5.02 Å². The Kier molecular flexibility index (Phi) is 5.70. The molecule has 1 N–H and O–H groups in total. The molecule has 1 amide bonds. The number of nitrogens with one attached hydrogen (secondary N) is 1. The van der Waals surface area contributed by atoms with Crippen LogP contribution in [-0.2, 0) is 9.53 Å². The normalized spacial score (nSPS) is 11.5. The fraction of sp³-hybridized carbons (Fsp3) is 0.188. The maximum Gasteiger partial charge on any atom is 0.341 e. The third-order valence-corrected chi connectivity index (χ3v) is 3.25. The molecule has 0 aliphatic carbocycles. The van der Waals surface area contributed by atoms with Crippen LogP contribution in [0, 0.1) is 5.82 Å². The Morgan fingerprint density at radius 2 is 2.04 bits per heavy atom. The zero-order valence-electron chi connectivity index (χ0n) is 12.9. The third kappa shape index (κ3) is 4.42. The van der Waals surface area contributed by atoms with Gasteiger partial charge in [-0.1, -0.05) is 11.6 Å². The molecule has 0 aliphatic rings. The number of aromatic nitrogens is 1. The lowest BCUT2D eigenvalue weighted by Crippen LogP contribution is -2.30. The standard InChI is InChI=1S/C16H14ClFN2O4/c1-9(15(21)20-14-6-3-10(17)8-19-14)24-16(22)12-5-4-11(23-2)7-13(12)18/h3-9H,1-2H3,(H,19,20,21)/t9-/m0/s1. The van der Waals surface area contributed by atoms with Crippen LogP contribution < -0.4 is 10.1 Å². The molecule has 1 aromatic heterocycles. The number of anilines is 1. The van der Waals surface area contributed by atoms with Crippen LogP contribution in [0.1, 0.15) is 17.3 Å². The molecular formula is C16H14ClFN2O4. The summed E-state index contributed by atoms with van der Waals surface area (Å²) in [4.78, 5) is 27.8. The second-order valence-electron chi connectivity index (χ2n) is 4.74. The second kappa shape index (κ2) is 7.74. The summed E-state index contributed by atoms with van der Waals surface area (Å²) in [6.07, 6.45) is 0.220. The number of pyridine rings is 1. The lowest BCUT2D eigenvalue weighted by molar-refractivity contribution is -0.123. The van der Waals surface area contributed by atoms with Gasteiger partial charge in [-0.2, -0.15) is 0 Å². The number of esters is 1. The quantitative estimate of drug-likeness (QED) is 0.837. The van der Waals surface area contributed by atoms with Crippen molar-refractivity contribution in [1.82, 2.24) is 4.98 Å². The average Bonchev–Trinajstić information content (AvgIpc) is 2.56. The predicted octanol–water partition coefficient (Wildman–Crippen LogP) is 3.07. The van der Waals surface area contributed by atoms with Crippen molar-refractivity contribution in [3.05, 3.63) is 52.9 Å². The van der Waals surface area contributed by atoms with E-state index in [1.54, 1.807) is 6.07 Å². The van der Waals surface area contributed by atoms with Gasteiger partial charge in [0.1, 0.15) is 17.4 Å². The van der Waals surface area contributed by atoms with Crippen LogP contribution >= 0.6 is 11.6 Å². The van der Waals surface area contributed by atoms with E-state index < -0.39 is 23.8 Å². The fourth-order valence-electron chi connectivity index (χ4n) is 1.74. The van der Waals surface area contributed by atoms with Gasteiger partial charge in [0, 0.05) is 12.3 Å². The highest BCUT2D eigenvalue weighted by Crippen LogP contribution is 2.18. The van der Waals surface area contributed by atoms with Crippen molar-refractivity contribution in [1.29, 1.82) is 0 Å². The minimum absolute atomic E-state index is 0.253. The molecule has 6 nitrogen and oxygen atoms in total. The number of amides is 1. The van der Waals surface area contributed by atoms with Crippen LogP contribution in [0.3, 0.4) is 0 Å². The first-order valence-corrected chi connectivity index (χ1v) is 7.25. The Morgan fingerprint density at radius 1 is 1.29 bits per heavy atom. The molecule has 2 aromatic rings. The summed E-state index contributed by atoms with van der Waals surface area (Å²) in [7, 11) is 1.38. The molecule has 0 fully saturated rings. The van der Waals surface area contributed by atoms with E-state index in [0.717, 1.165) is 6.07 Å². The van der Waals surface area contributed by atoms with E-state index in [1.165, 1.54) is 38.4 Å². The smallest absolute Gasteiger partial charge is 0.341 e. The molecule has 1 aromatic carbocycles. The molecule has 0 radical (unpaired) electrons. The van der Waals surface area contributed by atoms with Gasteiger partial charge in [-0.05, 0) is 31.2 Å². The number of carbonyl (C=O) groups excluding carboxylic acids is 2. The maximum atomic E-state index is 13.8. The number of carbonyl (C=O) groups is 2. The summed E-state index contributed by atoms with van der Waals surface area (Å²) < 4.78 is 23.6. The number of ether oxygens (including phenoxy) is 2. The van der Waals surface area contributed by atoms with Crippen LogP contribution in [0.5, 0.6) is 5.75 Å². The highest BCUT2D eigenvalue weighted by atomic mass is 35.5. The molecule has 0 bridgehead atoms. The van der Waals surface area contributed by atoms with Gasteiger partial charge in [0.05, 0.1) is 17.7 Å². The Balaban J connectivity index is 2.00. The summed E-state index contributed by atoms with van der Waals surface area (Å²) in [5.41, 5.74) is -0.292. The van der Waals surface area contributed by atoms with Crippen LogP contribution in [-0.4, -0.2) is 30.1 Å². The van der Waals surface area contributed by atoms with E-state index in [-0.39, 0.29) is 17.1 Å². The van der Waals surface area contributed by atoms with Gasteiger partial charge < -0.3 is 14.8 Å². The minimum Gasteiger partial charge on any atom is -0.497 e. The largest absolute Gasteiger partial charge is 0.497 e. The van der Waals surface area contributed by atoms with Gasteiger partial charge in [-0.25, -0.2) is 14.2 Å². The van der Waals surface area contributed by atoms with Crippen molar-refractivity contribution in [2.45, 2.75) is 13.0 Å². The number of halogens is 2. The Morgan fingerprint density at radius 3 is 2.62 bits per heavy atom. The van der Waals surface area contributed by atoms with Crippen LogP contribution in [0.15, 0.2) is 36.5 Å². The molecule has 126 valence electrons. The Hall–Kier alpha value is -2.67. The van der Waals surface area contributed by atoms with Crippen LogP contribution in [0.4, 0.5) is 10.2 Å². The van der Waals surface area contributed by atoms with E-state index >= 15 is 0 Å². The molecule has 0 aliphatic heterocycles. The monoisotopic (exact) mass is 352 g/mol. The average molecular weight is 353 g/mol. The van der Waals surface area contributed by atoms with E-state index in [2.05, 4.69) is 10.3 Å². The van der Waals surface area contributed by atoms with Crippen molar-refractivity contribution in [3.8, 4) is 5.75 Å². The van der Waals surface area contributed by atoms with E-state index in [4.69, 9.17) is 21.1 Å². The number of rotatable bonds is 5. The zero-order chi connectivity index (χ0) is 17.7. The Bertz CT molecular complexity index is 752. The number of benzene rings is 1. The maximum absolute atomic E-state index is 13.8. The van der Waals surface area contributed by atoms with Crippen molar-refractivity contribution < 1.29 is 23.5 Å². The third-order valence-electron chi connectivity index (χ3n) is 3.03. The highest BCUT2D eigenvalue weighted by molar-refractivity contribution is 6.30. The van der Waals surface area contributed by atoms with Gasteiger partial charge in [0.2, 0.25) is 0 Å². The molecule has 0 spiro atoms. The molecule has 0 saturated carbocycles. The number of hydrogen-bond acceptors (Lipinski definition) is 5. The first kappa shape index (κ1) is 17.7. The summed E-state index contributed by atoms with van der Waals surface area (Å²) >= 11 is 5.69. The van der Waals surface area contributed by atoms with Crippen LogP contribution in [0.25, 0.3) is 0 Å². The second-order valence-corrected chi connectivity index (χ2v) is 5.18. The molecular weight excluding hydrogens is 339 g/mol. The van der Waals surface area contributed by atoms with Crippen molar-refractivity contribution in [2.24, 2.45) is 0 Å². The first-order valence-electron chi connectivity index (χ1n) is 6.87. The summed E-state index contributed by atoms with van der Waals surface area (Å²) in [6, 6.07) is 6.74. The lowest BCUT2D eigenvalue weighted by atomic mass is 10.2. The van der Waals surface area contributed by atoms with Gasteiger partial charge in [-0.3, -0.25) is 4.79 Å². The molecule has 24 heavy (non-hydrogen) atoms.